The zero-order chi connectivity index (χ0) is 21.3. The number of hydrogen-bond acceptors (Lipinski definition) is 6. The highest BCUT2D eigenvalue weighted by molar-refractivity contribution is 7.99. The van der Waals surface area contributed by atoms with E-state index >= 15 is 0 Å². The standard InChI is InChI=1S/C20H20N6O3S/c1-11-7-12(2)26-19(22-11)24-25-20(26)30-10-17(27)23-16(18(28)29)8-13-9-21-15-6-4-3-5-14(13)15/h3-7,9,16,21H,8,10H2,1-2H3,(H,23,27)(H,28,29). The quantitative estimate of drug-likeness (QED) is 0.388. The summed E-state index contributed by atoms with van der Waals surface area (Å²) in [6, 6.07) is 8.52. The molecule has 3 aromatic heterocycles. The summed E-state index contributed by atoms with van der Waals surface area (Å²) in [5.74, 6) is -0.979. The minimum absolute atomic E-state index is 0.0196. The molecule has 30 heavy (non-hydrogen) atoms. The van der Waals surface area contributed by atoms with Gasteiger partial charge in [0.25, 0.3) is 5.78 Å². The summed E-state index contributed by atoms with van der Waals surface area (Å²) < 4.78 is 1.77. The number of para-hydroxylation sites is 1. The number of benzene rings is 1. The van der Waals surface area contributed by atoms with E-state index in [-0.39, 0.29) is 18.1 Å². The Labute approximate surface area is 175 Å². The Kier molecular flexibility index (Phi) is 5.40. The molecule has 4 rings (SSSR count). The largest absolute Gasteiger partial charge is 0.480 e. The molecule has 3 heterocycles. The van der Waals surface area contributed by atoms with E-state index in [2.05, 4.69) is 25.5 Å². The second kappa shape index (κ2) is 8.15. The fourth-order valence-electron chi connectivity index (χ4n) is 3.38. The van der Waals surface area contributed by atoms with Crippen LogP contribution in [0.2, 0.25) is 0 Å². The maximum Gasteiger partial charge on any atom is 0.326 e. The number of aryl methyl sites for hydroxylation is 2. The van der Waals surface area contributed by atoms with E-state index in [1.165, 1.54) is 11.8 Å². The molecule has 0 aliphatic heterocycles. The van der Waals surface area contributed by atoms with E-state index in [0.717, 1.165) is 27.9 Å². The molecule has 0 spiro atoms. The zero-order valence-electron chi connectivity index (χ0n) is 16.4. The number of carbonyl (C=O) groups is 2. The van der Waals surface area contributed by atoms with Gasteiger partial charge >= 0.3 is 5.97 Å². The van der Waals surface area contributed by atoms with Crippen LogP contribution in [0.25, 0.3) is 16.7 Å². The molecule has 1 unspecified atom stereocenters. The van der Waals surface area contributed by atoms with Crippen LogP contribution in [0.15, 0.2) is 41.7 Å². The number of carbonyl (C=O) groups excluding carboxylic acids is 1. The first-order valence-corrected chi connectivity index (χ1v) is 10.3. The monoisotopic (exact) mass is 424 g/mol. The lowest BCUT2D eigenvalue weighted by Gasteiger charge is -2.14. The lowest BCUT2D eigenvalue weighted by atomic mass is 10.1. The van der Waals surface area contributed by atoms with Crippen LogP contribution in [0, 0.1) is 13.8 Å². The van der Waals surface area contributed by atoms with Gasteiger partial charge in [0.1, 0.15) is 6.04 Å². The van der Waals surface area contributed by atoms with E-state index in [0.29, 0.717) is 10.9 Å². The van der Waals surface area contributed by atoms with Crippen molar-refractivity contribution in [1.29, 1.82) is 0 Å². The number of aliphatic carboxylic acids is 1. The van der Waals surface area contributed by atoms with Crippen LogP contribution >= 0.6 is 11.8 Å². The molecule has 0 radical (unpaired) electrons. The number of nitrogens with one attached hydrogen (secondary N) is 2. The first-order chi connectivity index (χ1) is 14.4. The van der Waals surface area contributed by atoms with Gasteiger partial charge < -0.3 is 15.4 Å². The fraction of sp³-hybridized carbons (Fsp3) is 0.250. The van der Waals surface area contributed by atoms with Crippen molar-refractivity contribution in [3.63, 3.8) is 0 Å². The Morgan fingerprint density at radius 3 is 2.87 bits per heavy atom. The second-order valence-electron chi connectivity index (χ2n) is 6.97. The molecular formula is C20H20N6O3S. The average Bonchev–Trinajstić information content (AvgIpc) is 3.30. The molecular weight excluding hydrogens is 404 g/mol. The number of carboxylic acid groups (broad SMARTS) is 1. The minimum Gasteiger partial charge on any atom is -0.480 e. The molecule has 1 aromatic carbocycles. The number of amides is 1. The van der Waals surface area contributed by atoms with Gasteiger partial charge in [-0.15, -0.1) is 10.2 Å². The Balaban J connectivity index is 1.43. The predicted octanol–water partition coefficient (Wildman–Crippen LogP) is 2.13. The fourth-order valence-corrected chi connectivity index (χ4v) is 4.18. The van der Waals surface area contributed by atoms with Crippen molar-refractivity contribution < 1.29 is 14.7 Å². The Bertz CT molecular complexity index is 1250. The highest BCUT2D eigenvalue weighted by Gasteiger charge is 2.22. The highest BCUT2D eigenvalue weighted by Crippen LogP contribution is 2.20. The van der Waals surface area contributed by atoms with Crippen LogP contribution < -0.4 is 5.32 Å². The van der Waals surface area contributed by atoms with Gasteiger partial charge in [0.2, 0.25) is 5.91 Å². The third-order valence-corrected chi connectivity index (χ3v) is 5.66. The van der Waals surface area contributed by atoms with Crippen LogP contribution in [0.4, 0.5) is 0 Å². The number of H-pyrrole nitrogens is 1. The van der Waals surface area contributed by atoms with E-state index < -0.39 is 12.0 Å². The van der Waals surface area contributed by atoms with Gasteiger partial charge in [-0.25, -0.2) is 9.78 Å². The van der Waals surface area contributed by atoms with Crippen molar-refractivity contribution in [3.05, 3.63) is 53.5 Å². The lowest BCUT2D eigenvalue weighted by molar-refractivity contribution is -0.141. The molecule has 0 bridgehead atoms. The topological polar surface area (TPSA) is 125 Å². The molecule has 4 aromatic rings. The minimum atomic E-state index is -1.08. The smallest absolute Gasteiger partial charge is 0.326 e. The number of aromatic nitrogens is 5. The van der Waals surface area contributed by atoms with E-state index in [9.17, 15) is 14.7 Å². The van der Waals surface area contributed by atoms with Crippen molar-refractivity contribution in [3.8, 4) is 0 Å². The zero-order valence-corrected chi connectivity index (χ0v) is 17.2. The molecule has 0 fully saturated rings. The number of nitrogens with zero attached hydrogens (tertiary/aromatic N) is 4. The van der Waals surface area contributed by atoms with Crippen molar-refractivity contribution >= 4 is 40.3 Å². The summed E-state index contributed by atoms with van der Waals surface area (Å²) in [6.45, 7) is 3.79. The van der Waals surface area contributed by atoms with Crippen molar-refractivity contribution in [1.82, 2.24) is 29.9 Å². The summed E-state index contributed by atoms with van der Waals surface area (Å²) in [6.07, 6.45) is 1.97. The highest BCUT2D eigenvalue weighted by atomic mass is 32.2. The first-order valence-electron chi connectivity index (χ1n) is 9.31. The Hall–Kier alpha value is -3.40. The van der Waals surface area contributed by atoms with Crippen LogP contribution in [0.1, 0.15) is 17.0 Å². The van der Waals surface area contributed by atoms with Gasteiger partial charge in [-0.05, 0) is 31.5 Å². The number of aromatic amines is 1. The first kappa shape index (κ1) is 19.9. The Morgan fingerprint density at radius 1 is 1.27 bits per heavy atom. The number of thioether (sulfide) groups is 1. The molecule has 3 N–H and O–H groups in total. The Morgan fingerprint density at radius 2 is 2.07 bits per heavy atom. The predicted molar refractivity (Wildman–Crippen MR) is 113 cm³/mol. The third-order valence-electron chi connectivity index (χ3n) is 4.73. The molecule has 1 atom stereocenters. The molecule has 1 amide bonds. The van der Waals surface area contributed by atoms with Crippen LogP contribution in [0.3, 0.4) is 0 Å². The second-order valence-corrected chi connectivity index (χ2v) is 7.91. The maximum atomic E-state index is 12.4. The van der Waals surface area contributed by atoms with Gasteiger partial charge in [-0.1, -0.05) is 30.0 Å². The third kappa shape index (κ3) is 3.99. The molecule has 0 aliphatic carbocycles. The normalized spacial score (nSPS) is 12.3. The van der Waals surface area contributed by atoms with Crippen molar-refractivity contribution in [2.24, 2.45) is 0 Å². The summed E-state index contributed by atoms with van der Waals surface area (Å²) >= 11 is 1.19. The average molecular weight is 424 g/mol. The summed E-state index contributed by atoms with van der Waals surface area (Å²) in [7, 11) is 0. The van der Waals surface area contributed by atoms with Gasteiger partial charge in [0.05, 0.1) is 5.75 Å². The summed E-state index contributed by atoms with van der Waals surface area (Å²) in [5, 5.41) is 21.8. The molecule has 154 valence electrons. The number of rotatable bonds is 7. The molecule has 0 aliphatic rings. The number of hydrogen-bond donors (Lipinski definition) is 3. The van der Waals surface area contributed by atoms with Crippen LogP contribution in [0.5, 0.6) is 0 Å². The van der Waals surface area contributed by atoms with Crippen LogP contribution in [-0.2, 0) is 16.0 Å². The number of fused-ring (bicyclic) bond motifs is 2. The van der Waals surface area contributed by atoms with Gasteiger partial charge in [-0.2, -0.15) is 0 Å². The summed E-state index contributed by atoms with van der Waals surface area (Å²) in [5.41, 5.74) is 3.51. The van der Waals surface area contributed by atoms with Gasteiger partial charge in [-0.3, -0.25) is 9.20 Å². The van der Waals surface area contributed by atoms with Gasteiger partial charge in [0.15, 0.2) is 5.16 Å². The SMILES string of the molecule is Cc1cc(C)n2c(SCC(=O)NC(Cc3c[nH]c4ccccc34)C(=O)O)nnc2n1. The van der Waals surface area contributed by atoms with E-state index in [4.69, 9.17) is 0 Å². The van der Waals surface area contributed by atoms with Crippen molar-refractivity contribution in [2.75, 3.05) is 5.75 Å². The molecule has 9 nitrogen and oxygen atoms in total. The van der Waals surface area contributed by atoms with Gasteiger partial charge in [0, 0.05) is 34.9 Å². The molecule has 10 heteroatoms. The van der Waals surface area contributed by atoms with Crippen molar-refractivity contribution in [2.45, 2.75) is 31.5 Å². The van der Waals surface area contributed by atoms with Crippen LogP contribution in [-0.4, -0.2) is 53.3 Å². The molecule has 0 saturated carbocycles. The lowest BCUT2D eigenvalue weighted by Crippen LogP contribution is -2.43. The number of carboxylic acids is 1. The molecule has 0 saturated heterocycles. The maximum absolute atomic E-state index is 12.4. The van der Waals surface area contributed by atoms with E-state index in [1.807, 2.05) is 44.2 Å². The summed E-state index contributed by atoms with van der Waals surface area (Å²) in [4.78, 5) is 31.6. The van der Waals surface area contributed by atoms with E-state index in [1.54, 1.807) is 10.6 Å².